The summed E-state index contributed by atoms with van der Waals surface area (Å²) in [7, 11) is 0. The molecule has 0 aromatic rings. The maximum absolute atomic E-state index is 12.8. The summed E-state index contributed by atoms with van der Waals surface area (Å²) in [4.78, 5) is 38.0. The van der Waals surface area contributed by atoms with Crippen molar-refractivity contribution in [1.82, 2.24) is 0 Å². The van der Waals surface area contributed by atoms with Gasteiger partial charge in [-0.2, -0.15) is 0 Å². The standard InChI is InChI=1S/C69H110O6/c1-4-7-10-13-16-18-20-22-24-26-28-30-31-32-33-34-35-36-37-39-40-42-44-46-48-50-53-56-59-62-68(71)74-65-66(64-73-67(70)61-58-55-52-15-12-9-6-3)75-69(72)63-60-57-54-51-49-47-45-43-41-38-29-27-25-23-21-19-17-14-11-8-5-2/h7-8,10-11,16-19,22-25,28-30,32-33,35-36,38-40,44,46,66H,4-6,9,12-15,20-21,26-27,31,34,37,41-43,45,47-65H2,1-3H3/b10-7-,11-8-,18-16-,19-17-,24-22-,25-23-,30-28-,33-32-,36-35-,38-29-,40-39-,46-44-. The van der Waals surface area contributed by atoms with Crippen LogP contribution in [0.25, 0.3) is 0 Å². The van der Waals surface area contributed by atoms with Gasteiger partial charge >= 0.3 is 17.9 Å². The van der Waals surface area contributed by atoms with E-state index < -0.39 is 6.10 Å². The van der Waals surface area contributed by atoms with Crippen LogP contribution in [0.2, 0.25) is 0 Å². The van der Waals surface area contributed by atoms with Gasteiger partial charge in [0.25, 0.3) is 0 Å². The molecular weight excluding hydrogens is 925 g/mol. The second-order valence-electron chi connectivity index (χ2n) is 19.5. The minimum atomic E-state index is -0.797. The van der Waals surface area contributed by atoms with E-state index in [4.69, 9.17) is 14.2 Å². The third kappa shape index (κ3) is 60.0. The largest absolute Gasteiger partial charge is 0.462 e. The quantitative estimate of drug-likeness (QED) is 0.0261. The van der Waals surface area contributed by atoms with Gasteiger partial charge in [-0.3, -0.25) is 14.4 Å². The molecule has 0 aromatic heterocycles. The number of ether oxygens (including phenoxy) is 3. The average molecular weight is 1040 g/mol. The van der Waals surface area contributed by atoms with Crippen LogP contribution in [0.4, 0.5) is 0 Å². The van der Waals surface area contributed by atoms with Crippen molar-refractivity contribution in [2.45, 2.75) is 258 Å². The number of allylic oxidation sites excluding steroid dienone is 24. The van der Waals surface area contributed by atoms with E-state index in [1.54, 1.807) is 0 Å². The first kappa shape index (κ1) is 70.3. The molecule has 75 heavy (non-hydrogen) atoms. The minimum absolute atomic E-state index is 0.0938. The Kier molecular flexibility index (Phi) is 58.0. The summed E-state index contributed by atoms with van der Waals surface area (Å²) in [5.74, 6) is -0.939. The molecule has 0 fully saturated rings. The normalized spacial score (nSPS) is 13.2. The molecule has 6 heteroatoms. The van der Waals surface area contributed by atoms with E-state index in [-0.39, 0.29) is 31.1 Å². The Bertz CT molecular complexity index is 1660. The number of hydrogen-bond acceptors (Lipinski definition) is 6. The zero-order valence-electron chi connectivity index (χ0n) is 48.3. The summed E-state index contributed by atoms with van der Waals surface area (Å²) < 4.78 is 16.8. The fraction of sp³-hybridized carbons (Fsp3) is 0.609. The topological polar surface area (TPSA) is 78.9 Å². The summed E-state index contributed by atoms with van der Waals surface area (Å²) in [6, 6.07) is 0. The van der Waals surface area contributed by atoms with Crippen LogP contribution in [0.3, 0.4) is 0 Å². The average Bonchev–Trinajstić information content (AvgIpc) is 3.41. The molecule has 0 radical (unpaired) electrons. The van der Waals surface area contributed by atoms with Crippen LogP contribution < -0.4 is 0 Å². The number of rotatable bonds is 53. The van der Waals surface area contributed by atoms with Crippen molar-refractivity contribution >= 4 is 17.9 Å². The third-order valence-electron chi connectivity index (χ3n) is 12.3. The van der Waals surface area contributed by atoms with Crippen LogP contribution in [0.1, 0.15) is 252 Å². The Labute approximate surface area is 461 Å². The molecular formula is C69H110O6. The summed E-state index contributed by atoms with van der Waals surface area (Å²) in [6.45, 7) is 6.33. The number of carbonyl (C=O) groups excluding carboxylic acids is 3. The van der Waals surface area contributed by atoms with Crippen molar-refractivity contribution in [1.29, 1.82) is 0 Å². The summed E-state index contributed by atoms with van der Waals surface area (Å²) >= 11 is 0. The van der Waals surface area contributed by atoms with Gasteiger partial charge < -0.3 is 14.2 Å². The maximum Gasteiger partial charge on any atom is 0.306 e. The monoisotopic (exact) mass is 1030 g/mol. The van der Waals surface area contributed by atoms with E-state index in [0.29, 0.717) is 19.3 Å². The van der Waals surface area contributed by atoms with Crippen LogP contribution in [-0.4, -0.2) is 37.2 Å². The molecule has 0 saturated heterocycles. The molecule has 1 unspecified atom stereocenters. The Hall–Kier alpha value is -4.71. The van der Waals surface area contributed by atoms with Gasteiger partial charge in [0.1, 0.15) is 13.2 Å². The van der Waals surface area contributed by atoms with Crippen molar-refractivity contribution in [2.24, 2.45) is 0 Å². The first-order valence-corrected chi connectivity index (χ1v) is 30.3. The van der Waals surface area contributed by atoms with Crippen molar-refractivity contribution in [2.75, 3.05) is 13.2 Å². The van der Waals surface area contributed by atoms with Crippen molar-refractivity contribution in [3.8, 4) is 0 Å². The summed E-state index contributed by atoms with van der Waals surface area (Å²) in [5.41, 5.74) is 0. The molecule has 0 bridgehead atoms. The van der Waals surface area contributed by atoms with Crippen molar-refractivity contribution < 1.29 is 28.6 Å². The number of carbonyl (C=O) groups is 3. The lowest BCUT2D eigenvalue weighted by atomic mass is 10.1. The number of hydrogen-bond donors (Lipinski definition) is 0. The van der Waals surface area contributed by atoms with Gasteiger partial charge in [0.05, 0.1) is 0 Å². The molecule has 6 nitrogen and oxygen atoms in total. The SMILES string of the molecule is CC/C=C\C/C=C\C/C=C\C/C=C\C/C=C\C/C=C\C/C=C\C/C=C\CCCCCCC(=O)OCC(COC(=O)CCCCCCCCC)OC(=O)CCCCCCCCCC/C=C\C/C=C\C/C=C\C/C=C\CC. The first-order valence-electron chi connectivity index (χ1n) is 30.3. The highest BCUT2D eigenvalue weighted by Crippen LogP contribution is 2.14. The first-order chi connectivity index (χ1) is 37.0. The second kappa shape index (κ2) is 61.8. The van der Waals surface area contributed by atoms with E-state index in [0.717, 1.165) is 154 Å². The van der Waals surface area contributed by atoms with E-state index in [9.17, 15) is 14.4 Å². The zero-order chi connectivity index (χ0) is 54.3. The fourth-order valence-corrected chi connectivity index (χ4v) is 7.86. The van der Waals surface area contributed by atoms with Gasteiger partial charge in [-0.05, 0) is 122 Å². The van der Waals surface area contributed by atoms with Crippen molar-refractivity contribution in [3.63, 3.8) is 0 Å². The van der Waals surface area contributed by atoms with E-state index in [2.05, 4.69) is 167 Å². The van der Waals surface area contributed by atoms with E-state index in [1.807, 2.05) is 0 Å². The minimum Gasteiger partial charge on any atom is -0.462 e. The molecule has 0 N–H and O–H groups in total. The van der Waals surface area contributed by atoms with Crippen molar-refractivity contribution in [3.05, 3.63) is 146 Å². The van der Waals surface area contributed by atoms with Gasteiger partial charge in [-0.25, -0.2) is 0 Å². The van der Waals surface area contributed by atoms with E-state index >= 15 is 0 Å². The molecule has 0 saturated carbocycles. The molecule has 0 aromatic carbocycles. The molecule has 0 aliphatic carbocycles. The smallest absolute Gasteiger partial charge is 0.306 e. The molecule has 0 aliphatic heterocycles. The van der Waals surface area contributed by atoms with Gasteiger partial charge in [0.2, 0.25) is 0 Å². The summed E-state index contributed by atoms with van der Waals surface area (Å²) in [5, 5.41) is 0. The van der Waals surface area contributed by atoms with Crippen LogP contribution in [0, 0.1) is 0 Å². The van der Waals surface area contributed by atoms with Crippen LogP contribution in [-0.2, 0) is 28.6 Å². The highest BCUT2D eigenvalue weighted by atomic mass is 16.6. The van der Waals surface area contributed by atoms with E-state index in [1.165, 1.54) is 57.8 Å². The third-order valence-corrected chi connectivity index (χ3v) is 12.3. The predicted molar refractivity (Wildman–Crippen MR) is 325 cm³/mol. The Morgan fingerprint density at radius 1 is 0.280 bits per heavy atom. The molecule has 422 valence electrons. The number of unbranched alkanes of at least 4 members (excludes halogenated alkanes) is 18. The van der Waals surface area contributed by atoms with Gasteiger partial charge in [-0.1, -0.05) is 256 Å². The maximum atomic E-state index is 12.8. The lowest BCUT2D eigenvalue weighted by molar-refractivity contribution is -0.167. The molecule has 0 heterocycles. The molecule has 0 spiro atoms. The highest BCUT2D eigenvalue weighted by molar-refractivity contribution is 5.71. The molecule has 0 rings (SSSR count). The zero-order valence-corrected chi connectivity index (χ0v) is 48.3. The lowest BCUT2D eigenvalue weighted by Gasteiger charge is -2.18. The highest BCUT2D eigenvalue weighted by Gasteiger charge is 2.19. The lowest BCUT2D eigenvalue weighted by Crippen LogP contribution is -2.30. The van der Waals surface area contributed by atoms with Crippen LogP contribution in [0.15, 0.2) is 146 Å². The number of esters is 3. The second-order valence-corrected chi connectivity index (χ2v) is 19.5. The molecule has 1 atom stereocenters. The molecule has 0 amide bonds. The summed E-state index contributed by atoms with van der Waals surface area (Å²) in [6.07, 6.45) is 88.6. The van der Waals surface area contributed by atoms with Gasteiger partial charge in [-0.15, -0.1) is 0 Å². The van der Waals surface area contributed by atoms with Crippen LogP contribution in [0.5, 0.6) is 0 Å². The Morgan fingerprint density at radius 2 is 0.520 bits per heavy atom. The van der Waals surface area contributed by atoms with Gasteiger partial charge in [0.15, 0.2) is 6.10 Å². The van der Waals surface area contributed by atoms with Crippen LogP contribution >= 0.6 is 0 Å². The Balaban J connectivity index is 4.27. The molecule has 0 aliphatic rings. The predicted octanol–water partition coefficient (Wildman–Crippen LogP) is 20.8. The Morgan fingerprint density at radius 3 is 0.813 bits per heavy atom. The van der Waals surface area contributed by atoms with Gasteiger partial charge in [0, 0.05) is 19.3 Å². The fourth-order valence-electron chi connectivity index (χ4n) is 7.86.